The van der Waals surface area contributed by atoms with E-state index in [0.717, 1.165) is 11.0 Å². The molecule has 0 atom stereocenters. The van der Waals surface area contributed by atoms with E-state index >= 15 is 0 Å². The molecule has 0 aromatic heterocycles. The second-order valence-electron chi connectivity index (χ2n) is 3.29. The Morgan fingerprint density at radius 1 is 1.12 bits per heavy atom. The molecule has 1 aliphatic heterocycles. The number of rotatable bonds is 3. The van der Waals surface area contributed by atoms with E-state index in [4.69, 9.17) is 0 Å². The molecule has 0 bridgehead atoms. The summed E-state index contributed by atoms with van der Waals surface area (Å²) in [5, 5.41) is 0. The summed E-state index contributed by atoms with van der Waals surface area (Å²) < 4.78 is 0. The number of allylic oxidation sites excluding steroid dienone is 1. The van der Waals surface area contributed by atoms with Crippen LogP contribution in [0.15, 0.2) is 36.4 Å². The Hall–Kier alpha value is -1.13. The van der Waals surface area contributed by atoms with E-state index in [-0.39, 0.29) is 51.1 Å². The van der Waals surface area contributed by atoms with Gasteiger partial charge in [-0.05, 0) is 25.0 Å². The van der Waals surface area contributed by atoms with Crippen molar-refractivity contribution >= 4 is 18.1 Å². The normalized spacial score (nSPS) is 13.8. The van der Waals surface area contributed by atoms with Gasteiger partial charge < -0.3 is 4.79 Å². The van der Waals surface area contributed by atoms with Crippen molar-refractivity contribution in [3.05, 3.63) is 47.5 Å². The third-order valence-electron chi connectivity index (χ3n) is 2.35. The van der Waals surface area contributed by atoms with Crippen LogP contribution in [-0.2, 0) is 37.5 Å². The van der Waals surface area contributed by atoms with Crippen molar-refractivity contribution in [1.82, 2.24) is 4.90 Å². The van der Waals surface area contributed by atoms with E-state index in [1.165, 1.54) is 6.08 Å². The van der Waals surface area contributed by atoms with Crippen molar-refractivity contribution < 1.29 is 47.1 Å². The third kappa shape index (κ3) is 2.59. The van der Waals surface area contributed by atoms with Gasteiger partial charge in [0.1, 0.15) is 0 Å². The molecule has 0 fully saturated rings. The van der Waals surface area contributed by atoms with Gasteiger partial charge in [0.2, 0.25) is 0 Å². The van der Waals surface area contributed by atoms with Crippen LogP contribution in [0.5, 0.6) is 0 Å². The molecule has 1 heterocycles. The molecule has 5 heteroatoms. The van der Waals surface area contributed by atoms with Gasteiger partial charge in [-0.2, -0.15) is 6.08 Å². The van der Waals surface area contributed by atoms with Crippen LogP contribution >= 0.6 is 0 Å². The predicted molar refractivity (Wildman–Crippen MR) is 56.6 cm³/mol. The van der Waals surface area contributed by atoms with Gasteiger partial charge in [0.25, 0.3) is 11.8 Å². The molecule has 1 radical (unpaired) electrons. The first-order valence-electron chi connectivity index (χ1n) is 4.73. The minimum Gasteiger partial charge on any atom is -0.419 e. The number of amides is 2. The standard InChI is InChI=1S/C12H8NO3.Y/c14-8-4-3-7-13-11(15)9-5-1-2-6-10(9)12(13)16;/h1-6H,7H2;/q-1;/b4-3+;. The number of fused-ring (bicyclic) bond motifs is 1. The SMILES string of the molecule is O=[C-]/C=C/CN1C(=O)c2ccccc2C1=O.[Y]. The Balaban J connectivity index is 0.00000144. The molecule has 4 nitrogen and oxygen atoms in total. The monoisotopic (exact) mass is 303 g/mol. The molecule has 1 aromatic carbocycles. The molecule has 0 saturated heterocycles. The Morgan fingerprint density at radius 3 is 2.12 bits per heavy atom. The summed E-state index contributed by atoms with van der Waals surface area (Å²) in [6.07, 6.45) is 4.13. The molecule has 0 N–H and O–H groups in total. The Morgan fingerprint density at radius 2 is 1.65 bits per heavy atom. The van der Waals surface area contributed by atoms with E-state index in [9.17, 15) is 14.4 Å². The fraction of sp³-hybridized carbons (Fsp3) is 0.0833. The Kier molecular flexibility index (Phi) is 4.91. The van der Waals surface area contributed by atoms with Gasteiger partial charge in [0.15, 0.2) is 0 Å². The molecule has 1 aliphatic rings. The van der Waals surface area contributed by atoms with Crippen LogP contribution in [0.1, 0.15) is 20.7 Å². The maximum Gasteiger partial charge on any atom is 0.260 e. The predicted octanol–water partition coefficient (Wildman–Crippen LogP) is 0.946. The van der Waals surface area contributed by atoms with Crippen molar-refractivity contribution in [3.8, 4) is 0 Å². The van der Waals surface area contributed by atoms with E-state index in [1.54, 1.807) is 30.6 Å². The van der Waals surface area contributed by atoms with Crippen LogP contribution in [0, 0.1) is 0 Å². The number of hydrogen-bond acceptors (Lipinski definition) is 3. The second kappa shape index (κ2) is 5.98. The van der Waals surface area contributed by atoms with Gasteiger partial charge in [-0.15, -0.1) is 0 Å². The molecule has 1 aromatic rings. The van der Waals surface area contributed by atoms with Gasteiger partial charge in [-0.3, -0.25) is 14.5 Å². The molecule has 2 rings (SSSR count). The van der Waals surface area contributed by atoms with Crippen LogP contribution in [-0.4, -0.2) is 29.5 Å². The Labute approximate surface area is 124 Å². The van der Waals surface area contributed by atoms with Crippen molar-refractivity contribution in [3.63, 3.8) is 0 Å². The average molecular weight is 303 g/mol. The molecule has 17 heavy (non-hydrogen) atoms. The first-order valence-corrected chi connectivity index (χ1v) is 4.73. The van der Waals surface area contributed by atoms with E-state index in [1.807, 2.05) is 0 Å². The zero-order chi connectivity index (χ0) is 11.5. The number of carbonyl (C=O) groups excluding carboxylic acids is 3. The summed E-state index contributed by atoms with van der Waals surface area (Å²) in [6.45, 7) is 0.0988. The van der Waals surface area contributed by atoms with Crippen LogP contribution in [0.4, 0.5) is 0 Å². The summed E-state index contributed by atoms with van der Waals surface area (Å²) >= 11 is 0. The smallest absolute Gasteiger partial charge is 0.260 e. The summed E-state index contributed by atoms with van der Waals surface area (Å²) in [4.78, 5) is 34.6. The Bertz CT molecular complexity index is 461. The number of carbonyl (C=O) groups is 2. The molecular weight excluding hydrogens is 295 g/mol. The minimum atomic E-state index is -0.323. The number of benzene rings is 1. The van der Waals surface area contributed by atoms with Crippen LogP contribution in [0.25, 0.3) is 0 Å². The molecule has 0 spiro atoms. The van der Waals surface area contributed by atoms with Crippen molar-refractivity contribution in [2.75, 3.05) is 6.54 Å². The maximum absolute atomic E-state index is 11.8. The van der Waals surface area contributed by atoms with Crippen molar-refractivity contribution in [1.29, 1.82) is 0 Å². The zero-order valence-electron chi connectivity index (χ0n) is 8.92. The van der Waals surface area contributed by atoms with Gasteiger partial charge in [-0.1, -0.05) is 12.1 Å². The van der Waals surface area contributed by atoms with Crippen LogP contribution < -0.4 is 0 Å². The number of hydrogen-bond donors (Lipinski definition) is 0. The molecule has 0 aliphatic carbocycles. The van der Waals surface area contributed by atoms with Crippen molar-refractivity contribution in [2.45, 2.75) is 0 Å². The molecule has 2 amide bonds. The largest absolute Gasteiger partial charge is 0.419 e. The molecule has 0 unspecified atom stereocenters. The third-order valence-corrected chi connectivity index (χ3v) is 2.35. The number of imide groups is 1. The van der Waals surface area contributed by atoms with Gasteiger partial charge in [0, 0.05) is 32.7 Å². The van der Waals surface area contributed by atoms with Gasteiger partial charge >= 0.3 is 0 Å². The summed E-state index contributed by atoms with van der Waals surface area (Å²) in [5.41, 5.74) is 0.826. The van der Waals surface area contributed by atoms with Crippen LogP contribution in [0.2, 0.25) is 0 Å². The van der Waals surface area contributed by atoms with E-state index < -0.39 is 0 Å². The van der Waals surface area contributed by atoms with Crippen LogP contribution in [0.3, 0.4) is 0 Å². The van der Waals surface area contributed by atoms with E-state index in [0.29, 0.717) is 11.1 Å². The first-order chi connectivity index (χ1) is 7.75. The first kappa shape index (κ1) is 13.9. The average Bonchev–Trinajstić information content (AvgIpc) is 2.55. The fourth-order valence-electron chi connectivity index (χ4n) is 1.61. The quantitative estimate of drug-likeness (QED) is 0.474. The van der Waals surface area contributed by atoms with Gasteiger partial charge in [0.05, 0.1) is 11.1 Å². The fourth-order valence-corrected chi connectivity index (χ4v) is 1.61. The molecular formula is C12H8NO3Y-. The van der Waals surface area contributed by atoms with Crippen molar-refractivity contribution in [2.24, 2.45) is 0 Å². The maximum atomic E-state index is 11.8. The zero-order valence-corrected chi connectivity index (χ0v) is 11.8. The topological polar surface area (TPSA) is 54.5 Å². The summed E-state index contributed by atoms with van der Waals surface area (Å²) in [5.74, 6) is -0.646. The molecule has 0 saturated carbocycles. The second-order valence-corrected chi connectivity index (χ2v) is 3.29. The van der Waals surface area contributed by atoms with Gasteiger partial charge in [-0.25, -0.2) is 6.08 Å². The molecule has 83 valence electrons. The summed E-state index contributed by atoms with van der Waals surface area (Å²) in [6, 6.07) is 6.65. The number of nitrogens with zero attached hydrogens (tertiary/aromatic N) is 1. The van der Waals surface area contributed by atoms with E-state index in [2.05, 4.69) is 0 Å². The summed E-state index contributed by atoms with van der Waals surface area (Å²) in [7, 11) is 0. The minimum absolute atomic E-state index is 0.